The van der Waals surface area contributed by atoms with Gasteiger partial charge in [-0.1, -0.05) is 13.8 Å². The predicted octanol–water partition coefficient (Wildman–Crippen LogP) is 1.20. The zero-order chi connectivity index (χ0) is 24.8. The highest BCUT2D eigenvalue weighted by molar-refractivity contribution is 5.95. The smallest absolute Gasteiger partial charge is 0.365 e. The van der Waals surface area contributed by atoms with Gasteiger partial charge in [0, 0.05) is 19.1 Å². The van der Waals surface area contributed by atoms with Crippen LogP contribution in [0.15, 0.2) is 0 Å². The molecule has 9 nitrogen and oxygen atoms in total. The summed E-state index contributed by atoms with van der Waals surface area (Å²) < 4.78 is 46.4. The fourth-order valence-corrected chi connectivity index (χ4v) is 3.92. The molecule has 33 heavy (non-hydrogen) atoms. The maximum atomic E-state index is 13.0. The molecule has 0 spiro atoms. The number of alkyl halides is 3. The Labute approximate surface area is 190 Å². The Hall–Kier alpha value is -2.21. The minimum Gasteiger partial charge on any atom is -0.365 e. The summed E-state index contributed by atoms with van der Waals surface area (Å²) in [6, 6.07) is -2.41. The zero-order valence-corrected chi connectivity index (χ0v) is 19.0. The van der Waals surface area contributed by atoms with E-state index in [0.29, 0.717) is 32.4 Å². The van der Waals surface area contributed by atoms with Crippen LogP contribution in [0.25, 0.3) is 0 Å². The molecule has 2 heterocycles. The molecule has 2 rings (SSSR count). The first-order valence-corrected chi connectivity index (χ1v) is 11.1. The molecule has 4 atom stereocenters. The van der Waals surface area contributed by atoms with Crippen LogP contribution in [-0.2, 0) is 28.7 Å². The van der Waals surface area contributed by atoms with Crippen LogP contribution in [0.1, 0.15) is 52.9 Å². The quantitative estimate of drug-likeness (QED) is 0.409. The lowest BCUT2D eigenvalue weighted by Gasteiger charge is -2.28. The molecule has 0 aliphatic carbocycles. The summed E-state index contributed by atoms with van der Waals surface area (Å²) in [7, 11) is 0. The van der Waals surface area contributed by atoms with Gasteiger partial charge in [0.2, 0.25) is 11.8 Å². The third-order valence-corrected chi connectivity index (χ3v) is 5.79. The van der Waals surface area contributed by atoms with Crippen molar-refractivity contribution < 1.29 is 41.8 Å². The van der Waals surface area contributed by atoms with Crippen molar-refractivity contribution in [2.45, 2.75) is 76.9 Å². The van der Waals surface area contributed by atoms with E-state index in [4.69, 9.17) is 4.74 Å². The number of nitrogens with one attached hydrogen (secondary N) is 3. The van der Waals surface area contributed by atoms with Crippen molar-refractivity contribution in [3.05, 3.63) is 0 Å². The largest absolute Gasteiger partial charge is 0.522 e. The van der Waals surface area contributed by atoms with E-state index in [1.54, 1.807) is 6.92 Å². The topological polar surface area (TPSA) is 123 Å². The molecule has 0 aromatic carbocycles. The van der Waals surface area contributed by atoms with E-state index in [1.807, 2.05) is 13.8 Å². The Morgan fingerprint density at radius 1 is 1.24 bits per heavy atom. The molecule has 1 unspecified atom stereocenters. The van der Waals surface area contributed by atoms with Gasteiger partial charge in [0.1, 0.15) is 18.2 Å². The lowest BCUT2D eigenvalue weighted by molar-refractivity contribution is -0.321. The van der Waals surface area contributed by atoms with Gasteiger partial charge in [-0.2, -0.15) is 0 Å². The summed E-state index contributed by atoms with van der Waals surface area (Å²) in [5, 5.41) is 7.69. The van der Waals surface area contributed by atoms with Crippen molar-refractivity contribution >= 4 is 23.5 Å². The van der Waals surface area contributed by atoms with Gasteiger partial charge >= 0.3 is 6.36 Å². The monoisotopic (exact) mass is 479 g/mol. The van der Waals surface area contributed by atoms with Crippen molar-refractivity contribution in [3.8, 4) is 0 Å². The SMILES string of the molecule is CC(C)C[C@H](NC(=O)C1(C)CCCO1)C(=O)N[C@@H](C[C@@H]1CCNC1=O)C(=O)COC(F)(F)F. The summed E-state index contributed by atoms with van der Waals surface area (Å²) in [6.45, 7) is 4.80. The third kappa shape index (κ3) is 8.26. The van der Waals surface area contributed by atoms with E-state index < -0.39 is 54.2 Å². The number of halogens is 3. The van der Waals surface area contributed by atoms with E-state index in [-0.39, 0.29) is 24.7 Å². The molecule has 3 amide bonds. The van der Waals surface area contributed by atoms with Gasteiger partial charge in [-0.3, -0.25) is 23.9 Å². The van der Waals surface area contributed by atoms with Gasteiger partial charge in [-0.15, -0.1) is 13.2 Å². The second-order valence-electron chi connectivity index (χ2n) is 9.11. The molecule has 0 saturated carbocycles. The molecule has 0 aromatic heterocycles. The van der Waals surface area contributed by atoms with Crippen LogP contribution in [0, 0.1) is 11.8 Å². The third-order valence-electron chi connectivity index (χ3n) is 5.79. The number of ether oxygens (including phenoxy) is 2. The van der Waals surface area contributed by atoms with Crippen LogP contribution in [0.3, 0.4) is 0 Å². The number of carbonyl (C=O) groups excluding carboxylic acids is 4. The molecule has 2 aliphatic rings. The summed E-state index contributed by atoms with van der Waals surface area (Å²) in [5.74, 6) is -3.18. The molecule has 2 aliphatic heterocycles. The van der Waals surface area contributed by atoms with Gasteiger partial charge in [-0.25, -0.2) is 0 Å². The van der Waals surface area contributed by atoms with Crippen molar-refractivity contribution in [1.82, 2.24) is 16.0 Å². The summed E-state index contributed by atoms with van der Waals surface area (Å²) >= 11 is 0. The van der Waals surface area contributed by atoms with E-state index in [2.05, 4.69) is 20.7 Å². The highest BCUT2D eigenvalue weighted by Crippen LogP contribution is 2.26. The maximum Gasteiger partial charge on any atom is 0.522 e. The van der Waals surface area contributed by atoms with Crippen LogP contribution in [0.2, 0.25) is 0 Å². The Kier molecular flexibility index (Phi) is 9.24. The fourth-order valence-electron chi connectivity index (χ4n) is 3.92. The van der Waals surface area contributed by atoms with Crippen LogP contribution in [0.5, 0.6) is 0 Å². The molecule has 2 saturated heterocycles. The molecule has 188 valence electrons. The minimum atomic E-state index is -5.01. The lowest BCUT2D eigenvalue weighted by Crippen LogP contribution is -2.56. The average Bonchev–Trinajstić information content (AvgIpc) is 3.33. The highest BCUT2D eigenvalue weighted by Gasteiger charge is 2.40. The van der Waals surface area contributed by atoms with Gasteiger partial charge in [-0.05, 0) is 44.9 Å². The molecule has 0 aromatic rings. The van der Waals surface area contributed by atoms with Crippen molar-refractivity contribution in [2.75, 3.05) is 19.8 Å². The second kappa shape index (κ2) is 11.3. The second-order valence-corrected chi connectivity index (χ2v) is 9.11. The molecule has 2 fully saturated rings. The number of carbonyl (C=O) groups is 4. The summed E-state index contributed by atoms with van der Waals surface area (Å²) in [5.41, 5.74) is -1.08. The molecular formula is C21H32F3N3O6. The molecular weight excluding hydrogens is 447 g/mol. The van der Waals surface area contributed by atoms with Gasteiger partial charge in [0.05, 0.1) is 6.04 Å². The van der Waals surface area contributed by atoms with Gasteiger partial charge < -0.3 is 20.7 Å². The first kappa shape index (κ1) is 27.0. The summed E-state index contributed by atoms with van der Waals surface area (Å²) in [6.07, 6.45) is -3.37. The highest BCUT2D eigenvalue weighted by atomic mass is 19.4. The number of ketones is 1. The van der Waals surface area contributed by atoms with E-state index >= 15 is 0 Å². The van der Waals surface area contributed by atoms with Crippen LogP contribution >= 0.6 is 0 Å². The van der Waals surface area contributed by atoms with Crippen molar-refractivity contribution in [3.63, 3.8) is 0 Å². The first-order chi connectivity index (χ1) is 15.3. The molecule has 0 bridgehead atoms. The van der Waals surface area contributed by atoms with Gasteiger partial charge in [0.25, 0.3) is 5.91 Å². The van der Waals surface area contributed by atoms with Crippen molar-refractivity contribution in [1.29, 1.82) is 0 Å². The average molecular weight is 479 g/mol. The molecule has 0 radical (unpaired) electrons. The maximum absolute atomic E-state index is 13.0. The summed E-state index contributed by atoms with van der Waals surface area (Å²) in [4.78, 5) is 50.2. The standard InChI is InChI=1S/C21H32F3N3O6/c1-12(2)9-15(27-19(31)20(3)6-4-8-32-20)18(30)26-14(10-13-5-7-25-17(13)29)16(28)11-33-21(22,23)24/h12-15H,4-11H2,1-3H3,(H,25,29)(H,26,30)(H,27,31)/t13-,14-,15-,20?/m0/s1. The van der Waals surface area contributed by atoms with Crippen LogP contribution < -0.4 is 16.0 Å². The normalized spacial score (nSPS) is 24.9. The van der Waals surface area contributed by atoms with Crippen LogP contribution in [-0.4, -0.2) is 67.3 Å². The Morgan fingerprint density at radius 3 is 2.45 bits per heavy atom. The lowest BCUT2D eigenvalue weighted by atomic mass is 9.94. The Morgan fingerprint density at radius 2 is 1.94 bits per heavy atom. The first-order valence-electron chi connectivity index (χ1n) is 11.1. The predicted molar refractivity (Wildman–Crippen MR) is 110 cm³/mol. The molecule has 12 heteroatoms. The Bertz CT molecular complexity index is 737. The fraction of sp³-hybridized carbons (Fsp3) is 0.810. The van der Waals surface area contributed by atoms with E-state index in [0.717, 1.165) is 0 Å². The van der Waals surface area contributed by atoms with Gasteiger partial charge in [0.15, 0.2) is 5.78 Å². The van der Waals surface area contributed by atoms with Crippen LogP contribution in [0.4, 0.5) is 13.2 Å². The number of hydrogen-bond donors (Lipinski definition) is 3. The number of Topliss-reactive ketones (excluding diaryl/α,β-unsaturated/α-hetero) is 1. The zero-order valence-electron chi connectivity index (χ0n) is 19.0. The minimum absolute atomic E-state index is 0.0123. The van der Waals surface area contributed by atoms with E-state index in [1.165, 1.54) is 0 Å². The molecule has 3 N–H and O–H groups in total. The number of amides is 3. The Balaban J connectivity index is 2.13. The van der Waals surface area contributed by atoms with Crippen molar-refractivity contribution in [2.24, 2.45) is 11.8 Å². The van der Waals surface area contributed by atoms with E-state index in [9.17, 15) is 32.3 Å². The number of hydrogen-bond acceptors (Lipinski definition) is 6. The number of rotatable bonds is 11.